The summed E-state index contributed by atoms with van der Waals surface area (Å²) in [6.45, 7) is 5.12. The minimum absolute atomic E-state index is 0.313. The summed E-state index contributed by atoms with van der Waals surface area (Å²) in [6.07, 6.45) is -4.84. The molecule has 6 heteroatoms. The van der Waals surface area contributed by atoms with Gasteiger partial charge in [0.05, 0.1) is 6.04 Å². The molecule has 0 aliphatic carbocycles. The van der Waals surface area contributed by atoms with Gasteiger partial charge in [-0.25, -0.2) is 0 Å². The Morgan fingerprint density at radius 2 is 1.71 bits per heavy atom. The third kappa shape index (κ3) is 5.38. The summed E-state index contributed by atoms with van der Waals surface area (Å²) in [6, 6.07) is 5.28. The predicted molar refractivity (Wildman–Crippen MR) is 75.6 cm³/mol. The van der Waals surface area contributed by atoms with Crippen LogP contribution in [-0.2, 0) is 11.2 Å². The number of hydrogen-bond donors (Lipinski definition) is 2. The first kappa shape index (κ1) is 17.5. The second-order valence-corrected chi connectivity index (χ2v) is 6.14. The van der Waals surface area contributed by atoms with Crippen LogP contribution in [0.3, 0.4) is 0 Å². The lowest BCUT2D eigenvalue weighted by atomic mass is 9.86. The zero-order valence-corrected chi connectivity index (χ0v) is 12.4. The maximum Gasteiger partial charge on any atom is 0.408 e. The first-order valence-corrected chi connectivity index (χ1v) is 6.68. The van der Waals surface area contributed by atoms with Gasteiger partial charge in [-0.3, -0.25) is 4.79 Å². The van der Waals surface area contributed by atoms with Gasteiger partial charge >= 0.3 is 6.18 Å². The van der Waals surface area contributed by atoms with E-state index in [1.807, 2.05) is 5.32 Å². The highest BCUT2D eigenvalue weighted by Gasteiger charge is 2.42. The van der Waals surface area contributed by atoms with E-state index in [0.717, 1.165) is 0 Å². The van der Waals surface area contributed by atoms with Crippen molar-refractivity contribution in [3.63, 3.8) is 0 Å². The number of carbonyl (C=O) groups is 1. The number of nitrogens with one attached hydrogen (secondary N) is 1. The van der Waals surface area contributed by atoms with Gasteiger partial charge in [0.25, 0.3) is 0 Å². The molecular formula is C15H21F3N2O. The van der Waals surface area contributed by atoms with E-state index in [1.165, 1.54) is 0 Å². The fraction of sp³-hybridized carbons (Fsp3) is 0.533. The Hall–Kier alpha value is -1.56. The van der Waals surface area contributed by atoms with E-state index < -0.39 is 29.6 Å². The molecule has 0 spiro atoms. The van der Waals surface area contributed by atoms with Crippen LogP contribution in [0.1, 0.15) is 26.3 Å². The van der Waals surface area contributed by atoms with Crippen LogP contribution in [0.25, 0.3) is 0 Å². The third-order valence-corrected chi connectivity index (χ3v) is 3.21. The highest BCUT2D eigenvalue weighted by Crippen LogP contribution is 2.24. The van der Waals surface area contributed by atoms with E-state index in [0.29, 0.717) is 5.56 Å². The summed E-state index contributed by atoms with van der Waals surface area (Å²) < 4.78 is 39.2. The Bertz CT molecular complexity index is 466. The number of benzene rings is 1. The van der Waals surface area contributed by atoms with Gasteiger partial charge in [-0.1, -0.05) is 51.1 Å². The summed E-state index contributed by atoms with van der Waals surface area (Å²) in [7, 11) is 0. The molecule has 0 aliphatic heterocycles. The second-order valence-electron chi connectivity index (χ2n) is 6.14. The molecule has 0 saturated carbocycles. The monoisotopic (exact) mass is 302 g/mol. The molecule has 1 amide bonds. The number of hydrogen-bond acceptors (Lipinski definition) is 2. The SMILES string of the molecule is CC(C)(C)[C@H](N)C(=O)NC(Cc1ccccc1)C(F)(F)F. The Morgan fingerprint density at radius 3 is 2.14 bits per heavy atom. The van der Waals surface area contributed by atoms with Crippen molar-refractivity contribution in [1.82, 2.24) is 5.32 Å². The van der Waals surface area contributed by atoms with Crippen LogP contribution in [0.4, 0.5) is 13.2 Å². The average Bonchev–Trinajstić information content (AvgIpc) is 2.36. The summed E-state index contributed by atoms with van der Waals surface area (Å²) in [5.41, 5.74) is 5.60. The lowest BCUT2D eigenvalue weighted by Crippen LogP contribution is -2.55. The van der Waals surface area contributed by atoms with Crippen LogP contribution in [-0.4, -0.2) is 24.2 Å². The van der Waals surface area contributed by atoms with Crippen molar-refractivity contribution in [1.29, 1.82) is 0 Å². The molecule has 0 aliphatic rings. The predicted octanol–water partition coefficient (Wildman–Crippen LogP) is 2.65. The first-order chi connectivity index (χ1) is 9.51. The molecule has 1 unspecified atom stereocenters. The molecule has 0 heterocycles. The molecule has 2 atom stereocenters. The normalized spacial score (nSPS) is 15.4. The van der Waals surface area contributed by atoms with E-state index in [9.17, 15) is 18.0 Å². The lowest BCUT2D eigenvalue weighted by molar-refractivity contribution is -0.162. The Balaban J connectivity index is 2.83. The molecule has 3 N–H and O–H groups in total. The van der Waals surface area contributed by atoms with Crippen molar-refractivity contribution in [3.8, 4) is 0 Å². The van der Waals surface area contributed by atoms with Gasteiger partial charge in [-0.2, -0.15) is 13.2 Å². The number of rotatable bonds is 4. The van der Waals surface area contributed by atoms with Crippen LogP contribution in [0.15, 0.2) is 30.3 Å². The zero-order chi connectivity index (χ0) is 16.3. The number of carbonyl (C=O) groups excluding carboxylic acids is 1. The number of alkyl halides is 3. The molecule has 0 saturated heterocycles. The molecule has 1 aromatic rings. The minimum Gasteiger partial charge on any atom is -0.343 e. The molecule has 0 radical (unpaired) electrons. The third-order valence-electron chi connectivity index (χ3n) is 3.21. The van der Waals surface area contributed by atoms with Crippen molar-refractivity contribution in [2.24, 2.45) is 11.1 Å². The van der Waals surface area contributed by atoms with E-state index in [-0.39, 0.29) is 6.42 Å². The van der Waals surface area contributed by atoms with Crippen molar-refractivity contribution >= 4 is 5.91 Å². The molecule has 21 heavy (non-hydrogen) atoms. The van der Waals surface area contributed by atoms with Crippen molar-refractivity contribution in [3.05, 3.63) is 35.9 Å². The van der Waals surface area contributed by atoms with Crippen LogP contribution in [0.2, 0.25) is 0 Å². The van der Waals surface area contributed by atoms with Gasteiger partial charge < -0.3 is 11.1 Å². The standard InChI is InChI=1S/C15H21F3N2O/c1-14(2,3)12(19)13(21)20-11(15(16,17)18)9-10-7-5-4-6-8-10/h4-8,11-12H,9,19H2,1-3H3,(H,20,21)/t11?,12-/m1/s1. The highest BCUT2D eigenvalue weighted by molar-refractivity contribution is 5.82. The molecule has 0 aromatic heterocycles. The molecular weight excluding hydrogens is 281 g/mol. The molecule has 118 valence electrons. The molecule has 0 fully saturated rings. The van der Waals surface area contributed by atoms with E-state index in [4.69, 9.17) is 5.73 Å². The Morgan fingerprint density at radius 1 is 1.19 bits per heavy atom. The summed E-state index contributed by atoms with van der Waals surface area (Å²) in [4.78, 5) is 11.9. The van der Waals surface area contributed by atoms with E-state index in [2.05, 4.69) is 0 Å². The Labute approximate surface area is 122 Å². The van der Waals surface area contributed by atoms with Gasteiger partial charge in [-0.05, 0) is 11.0 Å². The lowest BCUT2D eigenvalue weighted by Gasteiger charge is -2.29. The summed E-state index contributed by atoms with van der Waals surface area (Å²) in [5.74, 6) is -0.791. The topological polar surface area (TPSA) is 55.1 Å². The van der Waals surface area contributed by atoms with E-state index in [1.54, 1.807) is 51.1 Å². The molecule has 3 nitrogen and oxygen atoms in total. The number of halogens is 3. The second kappa shape index (κ2) is 6.47. The molecule has 1 rings (SSSR count). The van der Waals surface area contributed by atoms with Crippen molar-refractivity contribution in [2.75, 3.05) is 0 Å². The van der Waals surface area contributed by atoms with Gasteiger partial charge in [0.1, 0.15) is 6.04 Å². The quantitative estimate of drug-likeness (QED) is 0.898. The van der Waals surface area contributed by atoms with Crippen molar-refractivity contribution in [2.45, 2.75) is 45.5 Å². The summed E-state index contributed by atoms with van der Waals surface area (Å²) >= 11 is 0. The fourth-order valence-corrected chi connectivity index (χ4v) is 1.75. The average molecular weight is 302 g/mol. The largest absolute Gasteiger partial charge is 0.408 e. The zero-order valence-electron chi connectivity index (χ0n) is 12.4. The minimum atomic E-state index is -4.52. The van der Waals surface area contributed by atoms with Gasteiger partial charge in [0.15, 0.2) is 0 Å². The smallest absolute Gasteiger partial charge is 0.343 e. The summed E-state index contributed by atoms with van der Waals surface area (Å²) in [5, 5.41) is 2.02. The van der Waals surface area contributed by atoms with Crippen LogP contribution >= 0.6 is 0 Å². The maximum absolute atomic E-state index is 13.1. The highest BCUT2D eigenvalue weighted by atomic mass is 19.4. The van der Waals surface area contributed by atoms with Crippen LogP contribution in [0.5, 0.6) is 0 Å². The maximum atomic E-state index is 13.1. The van der Waals surface area contributed by atoms with Gasteiger partial charge in [-0.15, -0.1) is 0 Å². The Kier molecular flexibility index (Phi) is 5.39. The van der Waals surface area contributed by atoms with Gasteiger partial charge in [0, 0.05) is 6.42 Å². The van der Waals surface area contributed by atoms with E-state index >= 15 is 0 Å². The molecule has 0 bridgehead atoms. The fourth-order valence-electron chi connectivity index (χ4n) is 1.75. The van der Waals surface area contributed by atoms with Crippen molar-refractivity contribution < 1.29 is 18.0 Å². The van der Waals surface area contributed by atoms with Crippen LogP contribution in [0, 0.1) is 5.41 Å². The first-order valence-electron chi connectivity index (χ1n) is 6.68. The number of amides is 1. The molecule has 1 aromatic carbocycles. The van der Waals surface area contributed by atoms with Gasteiger partial charge in [0.2, 0.25) is 5.91 Å². The number of nitrogens with two attached hydrogens (primary N) is 1. The van der Waals surface area contributed by atoms with Crippen LogP contribution < -0.4 is 11.1 Å².